The standard InChI is InChI=1S/CH5NO2S.H2O/c1-5(2,3)4;/h1H3,(H2,2,3,4);1H2. The molecule has 0 aromatic rings. The van der Waals surface area contributed by atoms with Gasteiger partial charge in [0.2, 0.25) is 10.0 Å². The lowest BCUT2D eigenvalue weighted by Crippen LogP contribution is -2.07. The third kappa shape index (κ3) is 1890. The molecule has 4 nitrogen and oxygen atoms in total. The Kier molecular flexibility index (Phi) is 3.28. The minimum absolute atomic E-state index is 0. The molecular formula is CH7NO3S. The summed E-state index contributed by atoms with van der Waals surface area (Å²) < 4.78 is 18.8. The summed E-state index contributed by atoms with van der Waals surface area (Å²) in [4.78, 5) is 0. The second-order valence-electron chi connectivity index (χ2n) is 0.830. The normalized spacial score (nSPS) is 9.67. The van der Waals surface area contributed by atoms with Crippen molar-refractivity contribution in [1.29, 1.82) is 0 Å². The Morgan fingerprint density at radius 2 is 1.50 bits per heavy atom. The highest BCUT2D eigenvalue weighted by molar-refractivity contribution is 7.88. The monoisotopic (exact) mass is 113 g/mol. The molecule has 0 saturated carbocycles. The van der Waals surface area contributed by atoms with Gasteiger partial charge in [-0.1, -0.05) is 0 Å². The van der Waals surface area contributed by atoms with Crippen LogP contribution in [-0.2, 0) is 10.0 Å². The van der Waals surface area contributed by atoms with Crippen LogP contribution < -0.4 is 5.14 Å². The number of rotatable bonds is 0. The Morgan fingerprint density at radius 1 is 1.50 bits per heavy atom. The summed E-state index contributed by atoms with van der Waals surface area (Å²) in [6.07, 6.45) is 0.938. The average molecular weight is 113 g/mol. The van der Waals surface area contributed by atoms with E-state index in [4.69, 9.17) is 0 Å². The first-order valence-electron chi connectivity index (χ1n) is 0.977. The molecule has 0 fully saturated rings. The third-order valence-corrected chi connectivity index (χ3v) is 0. The predicted octanol–water partition coefficient (Wildman–Crippen LogP) is -1.92. The summed E-state index contributed by atoms with van der Waals surface area (Å²) in [6, 6.07) is 0. The molecule has 0 aliphatic heterocycles. The first-order chi connectivity index (χ1) is 2.00. The number of hydrogen-bond acceptors (Lipinski definition) is 2. The molecule has 0 atom stereocenters. The molecule has 0 heterocycles. The van der Waals surface area contributed by atoms with Gasteiger partial charge in [-0.2, -0.15) is 0 Å². The van der Waals surface area contributed by atoms with Gasteiger partial charge < -0.3 is 5.48 Å². The highest BCUT2D eigenvalue weighted by Gasteiger charge is 1.78. The van der Waals surface area contributed by atoms with Crippen LogP contribution in [0.3, 0.4) is 0 Å². The topological polar surface area (TPSA) is 91.7 Å². The summed E-state index contributed by atoms with van der Waals surface area (Å²) in [5.74, 6) is 0. The minimum atomic E-state index is -3.17. The molecule has 0 aliphatic carbocycles. The maximum atomic E-state index is 9.41. The van der Waals surface area contributed by atoms with Crippen molar-refractivity contribution in [2.75, 3.05) is 6.26 Å². The predicted molar refractivity (Wildman–Crippen MR) is 22.6 cm³/mol. The fraction of sp³-hybridized carbons (Fsp3) is 1.00. The van der Waals surface area contributed by atoms with E-state index in [1.807, 2.05) is 0 Å². The van der Waals surface area contributed by atoms with Crippen LogP contribution in [0.15, 0.2) is 0 Å². The van der Waals surface area contributed by atoms with E-state index in [1.54, 1.807) is 0 Å². The Morgan fingerprint density at radius 3 is 1.50 bits per heavy atom. The Labute approximate surface area is 36.3 Å². The molecular weight excluding hydrogens is 106 g/mol. The van der Waals surface area contributed by atoms with E-state index in [1.165, 1.54) is 0 Å². The molecule has 0 bridgehead atoms. The third-order valence-electron chi connectivity index (χ3n) is 0. The van der Waals surface area contributed by atoms with Crippen LogP contribution in [0, 0.1) is 0 Å². The molecule has 6 heavy (non-hydrogen) atoms. The molecule has 0 aliphatic rings. The highest BCUT2D eigenvalue weighted by atomic mass is 32.2. The quantitative estimate of drug-likeness (QED) is 0.396. The largest absolute Gasteiger partial charge is 0.412 e. The second-order valence-corrected chi connectivity index (χ2v) is 2.49. The smallest absolute Gasteiger partial charge is 0.206 e. The Bertz CT molecular complexity index is 94.0. The van der Waals surface area contributed by atoms with Crippen LogP contribution >= 0.6 is 0 Å². The molecule has 0 spiro atoms. The molecule has 5 heteroatoms. The minimum Gasteiger partial charge on any atom is -0.412 e. The molecule has 0 unspecified atom stereocenters. The molecule has 0 aromatic heterocycles. The summed E-state index contributed by atoms with van der Waals surface area (Å²) in [5.41, 5.74) is 0. The van der Waals surface area contributed by atoms with Gasteiger partial charge in [-0.25, -0.2) is 13.6 Å². The SMILES string of the molecule is CS(N)(=O)=O.O. The number of sulfonamides is 1. The lowest BCUT2D eigenvalue weighted by Gasteiger charge is -1.71. The fourth-order valence-electron chi connectivity index (χ4n) is 0. The van der Waals surface area contributed by atoms with Crippen LogP contribution in [0.1, 0.15) is 0 Å². The summed E-state index contributed by atoms with van der Waals surface area (Å²) in [5, 5.41) is 4.33. The molecule has 0 rings (SSSR count). The molecule has 0 aromatic carbocycles. The van der Waals surface area contributed by atoms with Crippen LogP contribution in [0.4, 0.5) is 0 Å². The summed E-state index contributed by atoms with van der Waals surface area (Å²) >= 11 is 0. The van der Waals surface area contributed by atoms with Crippen molar-refractivity contribution in [2.24, 2.45) is 5.14 Å². The Balaban J connectivity index is 0. The number of nitrogens with two attached hydrogens (primary N) is 1. The summed E-state index contributed by atoms with van der Waals surface area (Å²) in [7, 11) is -3.17. The van der Waals surface area contributed by atoms with Crippen molar-refractivity contribution >= 4 is 10.0 Å². The van der Waals surface area contributed by atoms with Gasteiger partial charge in [0.15, 0.2) is 0 Å². The number of hydrogen-bond donors (Lipinski definition) is 1. The van der Waals surface area contributed by atoms with Crippen molar-refractivity contribution in [3.8, 4) is 0 Å². The fourth-order valence-corrected chi connectivity index (χ4v) is 0. The molecule has 4 N–H and O–H groups in total. The zero-order valence-corrected chi connectivity index (χ0v) is 4.12. The van der Waals surface area contributed by atoms with Crippen LogP contribution in [0.2, 0.25) is 0 Å². The second kappa shape index (κ2) is 2.12. The molecule has 0 saturated heterocycles. The van der Waals surface area contributed by atoms with Crippen molar-refractivity contribution in [3.05, 3.63) is 0 Å². The van der Waals surface area contributed by atoms with E-state index in [-0.39, 0.29) is 5.48 Å². The van der Waals surface area contributed by atoms with Gasteiger partial charge in [0.1, 0.15) is 0 Å². The molecule has 40 valence electrons. The first-order valence-corrected chi connectivity index (χ1v) is 2.93. The van der Waals surface area contributed by atoms with Gasteiger partial charge in [-0.3, -0.25) is 0 Å². The maximum Gasteiger partial charge on any atom is 0.206 e. The maximum absolute atomic E-state index is 9.41. The van der Waals surface area contributed by atoms with Gasteiger partial charge in [0.05, 0.1) is 6.26 Å². The first kappa shape index (κ1) is 9.30. The summed E-state index contributed by atoms with van der Waals surface area (Å²) in [6.45, 7) is 0. The van der Waals surface area contributed by atoms with Crippen LogP contribution in [-0.4, -0.2) is 20.1 Å². The Hall–Kier alpha value is -0.130. The lowest BCUT2D eigenvalue weighted by molar-refractivity contribution is 0.603. The van der Waals surface area contributed by atoms with Gasteiger partial charge in [0.25, 0.3) is 0 Å². The van der Waals surface area contributed by atoms with Crippen LogP contribution in [0.5, 0.6) is 0 Å². The van der Waals surface area contributed by atoms with Gasteiger partial charge in [-0.05, 0) is 0 Å². The van der Waals surface area contributed by atoms with E-state index in [9.17, 15) is 8.42 Å². The van der Waals surface area contributed by atoms with E-state index >= 15 is 0 Å². The lowest BCUT2D eigenvalue weighted by atomic mass is 12.0. The van der Waals surface area contributed by atoms with Crippen molar-refractivity contribution in [1.82, 2.24) is 0 Å². The van der Waals surface area contributed by atoms with Crippen molar-refractivity contribution in [2.45, 2.75) is 0 Å². The molecule has 0 amide bonds. The van der Waals surface area contributed by atoms with E-state index in [2.05, 4.69) is 5.14 Å². The zero-order valence-electron chi connectivity index (χ0n) is 3.30. The zero-order chi connectivity index (χ0) is 4.50. The van der Waals surface area contributed by atoms with Gasteiger partial charge in [0, 0.05) is 0 Å². The van der Waals surface area contributed by atoms with E-state index in [0.717, 1.165) is 6.26 Å². The van der Waals surface area contributed by atoms with E-state index < -0.39 is 10.0 Å². The highest BCUT2D eigenvalue weighted by Crippen LogP contribution is 1.52. The van der Waals surface area contributed by atoms with Crippen LogP contribution in [0.25, 0.3) is 0 Å². The van der Waals surface area contributed by atoms with Gasteiger partial charge in [-0.15, -0.1) is 0 Å². The number of primary sulfonamides is 1. The van der Waals surface area contributed by atoms with Gasteiger partial charge >= 0.3 is 0 Å². The average Bonchev–Trinajstić information content (AvgIpc) is 0.722. The van der Waals surface area contributed by atoms with Crippen molar-refractivity contribution in [3.63, 3.8) is 0 Å². The van der Waals surface area contributed by atoms with E-state index in [0.29, 0.717) is 0 Å². The molecule has 0 radical (unpaired) electrons. The van der Waals surface area contributed by atoms with Crippen molar-refractivity contribution < 1.29 is 13.9 Å².